The molecule has 0 aliphatic rings. The Morgan fingerprint density at radius 2 is 1.68 bits per heavy atom. The van der Waals surface area contributed by atoms with E-state index < -0.39 is 0 Å². The Labute approximate surface area is 120 Å². The molecule has 0 fully saturated rings. The third kappa shape index (κ3) is 2.38. The molecule has 6 heteroatoms. The minimum atomic E-state index is -0.316. The molecular formula is C13H14Cl2N2O2. The van der Waals surface area contributed by atoms with E-state index in [0.29, 0.717) is 21.4 Å². The van der Waals surface area contributed by atoms with Gasteiger partial charge in [-0.15, -0.1) is 0 Å². The fraction of sp³-hybridized carbons (Fsp3) is 0.308. The molecule has 0 aliphatic heterocycles. The average molecular weight is 301 g/mol. The zero-order chi connectivity index (χ0) is 14.3. The van der Waals surface area contributed by atoms with Crippen molar-refractivity contribution in [2.45, 2.75) is 26.8 Å². The number of benzene rings is 1. The van der Waals surface area contributed by atoms with Crippen molar-refractivity contribution in [1.82, 2.24) is 9.13 Å². The van der Waals surface area contributed by atoms with Gasteiger partial charge < -0.3 is 5.11 Å². The Bertz CT molecular complexity index is 666. The largest absolute Gasteiger partial charge is 0.493 e. The minimum absolute atomic E-state index is 0.0469. The van der Waals surface area contributed by atoms with Crippen molar-refractivity contribution in [2.24, 2.45) is 0 Å². The van der Waals surface area contributed by atoms with E-state index in [9.17, 15) is 9.90 Å². The number of imidazole rings is 1. The molecule has 2 rings (SSSR count). The molecule has 0 amide bonds. The van der Waals surface area contributed by atoms with Crippen LogP contribution in [0.15, 0.2) is 23.0 Å². The van der Waals surface area contributed by atoms with E-state index in [1.165, 1.54) is 9.13 Å². The maximum Gasteiger partial charge on any atom is 0.336 e. The van der Waals surface area contributed by atoms with Crippen LogP contribution in [0, 0.1) is 6.92 Å². The van der Waals surface area contributed by atoms with Crippen molar-refractivity contribution in [2.75, 3.05) is 0 Å². The SMILES string of the molecule is Cc1c(O)n(-c2cc(Cl)cc(Cl)c2)c(=O)n1C(C)C. The normalized spacial score (nSPS) is 11.3. The van der Waals surface area contributed by atoms with Crippen LogP contribution < -0.4 is 5.69 Å². The van der Waals surface area contributed by atoms with E-state index in [1.54, 1.807) is 25.1 Å². The molecule has 1 aromatic carbocycles. The van der Waals surface area contributed by atoms with Crippen LogP contribution in [0.4, 0.5) is 0 Å². The molecule has 0 atom stereocenters. The molecular weight excluding hydrogens is 287 g/mol. The van der Waals surface area contributed by atoms with E-state index in [-0.39, 0.29) is 17.6 Å². The number of hydrogen-bond acceptors (Lipinski definition) is 2. The molecule has 0 radical (unpaired) electrons. The first-order valence-corrected chi connectivity index (χ1v) is 6.57. The molecule has 2 aromatic rings. The first-order valence-electron chi connectivity index (χ1n) is 5.82. The van der Waals surface area contributed by atoms with Crippen molar-refractivity contribution in [1.29, 1.82) is 0 Å². The van der Waals surface area contributed by atoms with Crippen LogP contribution in [0.3, 0.4) is 0 Å². The number of aromatic hydroxyl groups is 1. The predicted octanol–water partition coefficient (Wildman–Crippen LogP) is 3.54. The quantitative estimate of drug-likeness (QED) is 0.922. The second-order valence-corrected chi connectivity index (χ2v) is 5.49. The molecule has 4 nitrogen and oxygen atoms in total. The lowest BCUT2D eigenvalue weighted by Gasteiger charge is -2.06. The van der Waals surface area contributed by atoms with Crippen LogP contribution in [-0.4, -0.2) is 14.2 Å². The lowest BCUT2D eigenvalue weighted by Crippen LogP contribution is -2.25. The third-order valence-corrected chi connectivity index (χ3v) is 3.35. The predicted molar refractivity (Wildman–Crippen MR) is 76.8 cm³/mol. The summed E-state index contributed by atoms with van der Waals surface area (Å²) in [6, 6.07) is 4.69. The van der Waals surface area contributed by atoms with E-state index >= 15 is 0 Å². The Morgan fingerprint density at radius 1 is 1.16 bits per heavy atom. The lowest BCUT2D eigenvalue weighted by molar-refractivity contribution is 0.435. The van der Waals surface area contributed by atoms with Crippen LogP contribution >= 0.6 is 23.2 Å². The molecule has 1 aromatic heterocycles. The summed E-state index contributed by atoms with van der Waals surface area (Å²) in [7, 11) is 0. The van der Waals surface area contributed by atoms with Crippen LogP contribution in [-0.2, 0) is 0 Å². The van der Waals surface area contributed by atoms with E-state index in [4.69, 9.17) is 23.2 Å². The van der Waals surface area contributed by atoms with Gasteiger partial charge in [0.05, 0.1) is 11.4 Å². The van der Waals surface area contributed by atoms with Gasteiger partial charge in [0.2, 0.25) is 5.88 Å². The second kappa shape index (κ2) is 4.94. The Morgan fingerprint density at radius 3 is 2.11 bits per heavy atom. The van der Waals surface area contributed by atoms with Crippen LogP contribution in [0.5, 0.6) is 5.88 Å². The summed E-state index contributed by atoms with van der Waals surface area (Å²) in [4.78, 5) is 12.4. The van der Waals surface area contributed by atoms with Gasteiger partial charge in [-0.05, 0) is 39.0 Å². The zero-order valence-corrected chi connectivity index (χ0v) is 12.3. The second-order valence-electron chi connectivity index (χ2n) is 4.62. The van der Waals surface area contributed by atoms with Gasteiger partial charge in [0.25, 0.3) is 0 Å². The maximum atomic E-state index is 12.4. The third-order valence-electron chi connectivity index (χ3n) is 2.92. The van der Waals surface area contributed by atoms with Gasteiger partial charge in [-0.1, -0.05) is 23.2 Å². The van der Waals surface area contributed by atoms with Gasteiger partial charge in [-0.25, -0.2) is 9.36 Å². The Kier molecular flexibility index (Phi) is 3.65. The Hall–Kier alpha value is -1.39. The smallest absolute Gasteiger partial charge is 0.336 e. The van der Waals surface area contributed by atoms with E-state index in [1.807, 2.05) is 13.8 Å². The van der Waals surface area contributed by atoms with Gasteiger partial charge in [-0.3, -0.25) is 4.57 Å². The molecule has 1 N–H and O–H groups in total. The van der Waals surface area contributed by atoms with Gasteiger partial charge in [0.1, 0.15) is 0 Å². The summed E-state index contributed by atoms with van der Waals surface area (Å²) >= 11 is 11.9. The van der Waals surface area contributed by atoms with Gasteiger partial charge >= 0.3 is 5.69 Å². The highest BCUT2D eigenvalue weighted by Crippen LogP contribution is 2.26. The molecule has 0 aliphatic carbocycles. The number of nitrogens with zero attached hydrogens (tertiary/aromatic N) is 2. The van der Waals surface area contributed by atoms with Crippen LogP contribution in [0.25, 0.3) is 5.69 Å². The maximum absolute atomic E-state index is 12.4. The molecule has 1 heterocycles. The van der Waals surface area contributed by atoms with Gasteiger partial charge in [0, 0.05) is 16.1 Å². The first kappa shape index (κ1) is 14.0. The zero-order valence-electron chi connectivity index (χ0n) is 10.8. The molecule has 0 unspecified atom stereocenters. The number of hydrogen-bond donors (Lipinski definition) is 1. The fourth-order valence-corrected chi connectivity index (χ4v) is 2.64. The van der Waals surface area contributed by atoms with Crippen molar-refractivity contribution < 1.29 is 5.11 Å². The molecule has 0 bridgehead atoms. The summed E-state index contributed by atoms with van der Waals surface area (Å²) in [6.45, 7) is 5.45. The first-order chi connectivity index (χ1) is 8.82. The minimum Gasteiger partial charge on any atom is -0.493 e. The molecule has 0 spiro atoms. The highest BCUT2D eigenvalue weighted by atomic mass is 35.5. The lowest BCUT2D eigenvalue weighted by atomic mass is 10.3. The highest BCUT2D eigenvalue weighted by molar-refractivity contribution is 6.34. The Balaban J connectivity index is 2.76. The topological polar surface area (TPSA) is 47.2 Å². The summed E-state index contributed by atoms with van der Waals surface area (Å²) < 4.78 is 2.72. The van der Waals surface area contributed by atoms with E-state index in [2.05, 4.69) is 0 Å². The van der Waals surface area contributed by atoms with Gasteiger partial charge in [-0.2, -0.15) is 0 Å². The summed E-state index contributed by atoms with van der Waals surface area (Å²) in [5.41, 5.74) is 0.641. The summed E-state index contributed by atoms with van der Waals surface area (Å²) in [5.74, 6) is -0.1000. The van der Waals surface area contributed by atoms with Crippen LogP contribution in [0.1, 0.15) is 25.6 Å². The standard InChI is InChI=1S/C13H14Cl2N2O2/c1-7(2)16-8(3)12(18)17(13(16)19)11-5-9(14)4-10(15)6-11/h4-7,18H,1-3H3. The number of rotatable bonds is 2. The van der Waals surface area contributed by atoms with Gasteiger partial charge in [0.15, 0.2) is 0 Å². The molecule has 0 saturated carbocycles. The number of halogens is 2. The molecule has 0 saturated heterocycles. The number of aromatic nitrogens is 2. The summed E-state index contributed by atoms with van der Waals surface area (Å²) in [5, 5.41) is 11.0. The van der Waals surface area contributed by atoms with Crippen LogP contribution in [0.2, 0.25) is 10.0 Å². The van der Waals surface area contributed by atoms with Crippen molar-refractivity contribution in [3.8, 4) is 11.6 Å². The molecule has 102 valence electrons. The van der Waals surface area contributed by atoms with Crippen molar-refractivity contribution >= 4 is 23.2 Å². The highest BCUT2D eigenvalue weighted by Gasteiger charge is 2.19. The monoisotopic (exact) mass is 300 g/mol. The summed E-state index contributed by atoms with van der Waals surface area (Å²) in [6.07, 6.45) is 0. The van der Waals surface area contributed by atoms with E-state index in [0.717, 1.165) is 0 Å². The molecule has 19 heavy (non-hydrogen) atoms. The fourth-order valence-electron chi connectivity index (χ4n) is 2.12. The van der Waals surface area contributed by atoms with Crippen molar-refractivity contribution in [3.05, 3.63) is 44.4 Å². The van der Waals surface area contributed by atoms with Crippen molar-refractivity contribution in [3.63, 3.8) is 0 Å². The average Bonchev–Trinajstić information content (AvgIpc) is 2.48.